The largest absolute Gasteiger partial charge is 0.495 e. The van der Waals surface area contributed by atoms with Gasteiger partial charge in [0.1, 0.15) is 11.5 Å². The van der Waals surface area contributed by atoms with Crippen LogP contribution in [0.3, 0.4) is 0 Å². The Morgan fingerprint density at radius 2 is 1.71 bits per heavy atom. The Kier molecular flexibility index (Phi) is 7.40. The molecule has 1 saturated heterocycles. The van der Waals surface area contributed by atoms with Crippen molar-refractivity contribution in [2.75, 3.05) is 44.8 Å². The van der Waals surface area contributed by atoms with Gasteiger partial charge in [-0.25, -0.2) is 8.42 Å². The van der Waals surface area contributed by atoms with Gasteiger partial charge in [-0.1, -0.05) is 12.1 Å². The van der Waals surface area contributed by atoms with E-state index in [9.17, 15) is 13.2 Å². The van der Waals surface area contributed by atoms with Crippen LogP contribution in [0.2, 0.25) is 0 Å². The van der Waals surface area contributed by atoms with E-state index in [4.69, 9.17) is 9.47 Å². The average molecular weight is 448 g/mol. The van der Waals surface area contributed by atoms with Crippen LogP contribution in [-0.2, 0) is 14.8 Å². The molecule has 9 heteroatoms. The number of carbonyl (C=O) groups is 1. The minimum atomic E-state index is -3.82. The van der Waals surface area contributed by atoms with Crippen molar-refractivity contribution in [1.82, 2.24) is 9.62 Å². The average Bonchev–Trinajstić information content (AvgIpc) is 2.79. The lowest BCUT2D eigenvalue weighted by Crippen LogP contribution is -2.54. The van der Waals surface area contributed by atoms with Crippen LogP contribution in [0.4, 0.5) is 5.69 Å². The van der Waals surface area contributed by atoms with Gasteiger partial charge in [0.15, 0.2) is 0 Å². The molecule has 31 heavy (non-hydrogen) atoms. The van der Waals surface area contributed by atoms with E-state index in [-0.39, 0.29) is 10.8 Å². The van der Waals surface area contributed by atoms with Crippen molar-refractivity contribution < 1.29 is 22.7 Å². The normalized spacial score (nSPS) is 15.5. The zero-order valence-electron chi connectivity index (χ0n) is 18.1. The van der Waals surface area contributed by atoms with Crippen LogP contribution in [0, 0.1) is 0 Å². The van der Waals surface area contributed by atoms with E-state index in [0.29, 0.717) is 38.5 Å². The standard InChI is InChI=1S/C22H29N3O5S/c1-4-30-18-9-11-19(12-10-18)31(27,28)23-17(2)22(26)25-15-13-24(14-16-25)20-7-5-6-8-21(20)29-3/h5-12,17,23H,4,13-16H2,1-3H3/t17-/m1/s1. The number of piperazine rings is 1. The van der Waals surface area contributed by atoms with Crippen LogP contribution in [0.15, 0.2) is 53.4 Å². The molecule has 168 valence electrons. The number of methoxy groups -OCH3 is 1. The lowest BCUT2D eigenvalue weighted by atomic mass is 10.2. The van der Waals surface area contributed by atoms with Gasteiger partial charge >= 0.3 is 0 Å². The number of ether oxygens (including phenoxy) is 2. The Hall–Kier alpha value is -2.78. The lowest BCUT2D eigenvalue weighted by molar-refractivity contribution is -0.132. The van der Waals surface area contributed by atoms with Crippen LogP contribution < -0.4 is 19.1 Å². The minimum absolute atomic E-state index is 0.0941. The first kappa shape index (κ1) is 22.9. The number of hydrogen-bond acceptors (Lipinski definition) is 6. The molecule has 1 atom stereocenters. The quantitative estimate of drug-likeness (QED) is 0.667. The van der Waals surface area contributed by atoms with Crippen LogP contribution in [-0.4, -0.2) is 65.2 Å². The number of nitrogens with one attached hydrogen (secondary N) is 1. The molecule has 0 saturated carbocycles. The molecule has 1 heterocycles. The van der Waals surface area contributed by atoms with E-state index in [1.807, 2.05) is 31.2 Å². The van der Waals surface area contributed by atoms with Gasteiger partial charge in [0.25, 0.3) is 0 Å². The third-order valence-electron chi connectivity index (χ3n) is 5.16. The number of para-hydroxylation sites is 2. The monoisotopic (exact) mass is 447 g/mol. The van der Waals surface area contributed by atoms with Gasteiger partial charge in [-0.05, 0) is 50.2 Å². The molecule has 0 aromatic heterocycles. The van der Waals surface area contributed by atoms with Crippen molar-refractivity contribution in [3.05, 3.63) is 48.5 Å². The first-order valence-corrected chi connectivity index (χ1v) is 11.8. The third-order valence-corrected chi connectivity index (χ3v) is 6.72. The van der Waals surface area contributed by atoms with Crippen molar-refractivity contribution in [3.8, 4) is 11.5 Å². The number of nitrogens with zero attached hydrogens (tertiary/aromatic N) is 2. The van der Waals surface area contributed by atoms with Crippen LogP contribution >= 0.6 is 0 Å². The zero-order valence-corrected chi connectivity index (χ0v) is 18.9. The van der Waals surface area contributed by atoms with Crippen molar-refractivity contribution in [2.45, 2.75) is 24.8 Å². The maximum absolute atomic E-state index is 12.8. The highest BCUT2D eigenvalue weighted by atomic mass is 32.2. The molecule has 8 nitrogen and oxygen atoms in total. The molecule has 0 aliphatic carbocycles. The summed E-state index contributed by atoms with van der Waals surface area (Å²) in [7, 11) is -2.18. The van der Waals surface area contributed by atoms with E-state index < -0.39 is 16.1 Å². The minimum Gasteiger partial charge on any atom is -0.495 e. The smallest absolute Gasteiger partial charge is 0.241 e. The SMILES string of the molecule is CCOc1ccc(S(=O)(=O)N[C@H](C)C(=O)N2CCN(c3ccccc3OC)CC2)cc1. The van der Waals surface area contributed by atoms with Crippen molar-refractivity contribution >= 4 is 21.6 Å². The van der Waals surface area contributed by atoms with Crippen molar-refractivity contribution in [1.29, 1.82) is 0 Å². The van der Waals surface area contributed by atoms with Crippen LogP contribution in [0.1, 0.15) is 13.8 Å². The number of benzene rings is 2. The molecule has 1 amide bonds. The van der Waals surface area contributed by atoms with Crippen molar-refractivity contribution in [2.24, 2.45) is 0 Å². The summed E-state index contributed by atoms with van der Waals surface area (Å²) in [6.07, 6.45) is 0. The Labute approximate surface area is 183 Å². The molecule has 0 spiro atoms. The summed E-state index contributed by atoms with van der Waals surface area (Å²) in [6, 6.07) is 13.0. The molecule has 2 aromatic carbocycles. The van der Waals surface area contributed by atoms with E-state index in [2.05, 4.69) is 9.62 Å². The van der Waals surface area contributed by atoms with Gasteiger partial charge in [0, 0.05) is 26.2 Å². The molecule has 1 fully saturated rings. The Bertz CT molecular complexity index is 986. The Morgan fingerprint density at radius 3 is 2.32 bits per heavy atom. The molecular formula is C22H29N3O5S. The van der Waals surface area contributed by atoms with E-state index in [1.54, 1.807) is 31.1 Å². The highest BCUT2D eigenvalue weighted by molar-refractivity contribution is 7.89. The second kappa shape index (κ2) is 10.0. The first-order chi connectivity index (χ1) is 14.9. The summed E-state index contributed by atoms with van der Waals surface area (Å²) in [5, 5.41) is 0. The summed E-state index contributed by atoms with van der Waals surface area (Å²) in [4.78, 5) is 16.8. The summed E-state index contributed by atoms with van der Waals surface area (Å²) in [5.74, 6) is 1.14. The first-order valence-electron chi connectivity index (χ1n) is 10.3. The van der Waals surface area contributed by atoms with Crippen LogP contribution in [0.25, 0.3) is 0 Å². The predicted octanol–water partition coefficient (Wildman–Crippen LogP) is 2.11. The highest BCUT2D eigenvalue weighted by Crippen LogP contribution is 2.28. The number of amides is 1. The number of hydrogen-bond donors (Lipinski definition) is 1. The van der Waals surface area contributed by atoms with Gasteiger partial charge in [0.2, 0.25) is 15.9 Å². The second-order valence-corrected chi connectivity index (χ2v) is 8.95. The molecule has 1 aliphatic rings. The third kappa shape index (κ3) is 5.48. The number of rotatable bonds is 8. The van der Waals surface area contributed by atoms with E-state index in [1.165, 1.54) is 12.1 Å². The number of carbonyl (C=O) groups excluding carboxylic acids is 1. The maximum atomic E-state index is 12.8. The van der Waals surface area contributed by atoms with Gasteiger partial charge < -0.3 is 19.3 Å². The Balaban J connectivity index is 1.59. The fourth-order valence-corrected chi connectivity index (χ4v) is 4.76. The maximum Gasteiger partial charge on any atom is 0.241 e. The molecule has 0 bridgehead atoms. The summed E-state index contributed by atoms with van der Waals surface area (Å²) < 4.78 is 38.6. The van der Waals surface area contributed by atoms with Gasteiger partial charge in [-0.2, -0.15) is 4.72 Å². The topological polar surface area (TPSA) is 88.2 Å². The molecule has 3 rings (SSSR count). The molecule has 1 N–H and O–H groups in total. The molecule has 1 aliphatic heterocycles. The second-order valence-electron chi connectivity index (χ2n) is 7.23. The fraction of sp³-hybridized carbons (Fsp3) is 0.409. The van der Waals surface area contributed by atoms with Gasteiger partial charge in [0.05, 0.1) is 30.3 Å². The van der Waals surface area contributed by atoms with Gasteiger partial charge in [-0.3, -0.25) is 4.79 Å². The highest BCUT2D eigenvalue weighted by Gasteiger charge is 2.29. The Morgan fingerprint density at radius 1 is 1.06 bits per heavy atom. The molecule has 0 radical (unpaired) electrons. The molecule has 0 unspecified atom stereocenters. The van der Waals surface area contributed by atoms with E-state index in [0.717, 1.165) is 11.4 Å². The molecular weight excluding hydrogens is 418 g/mol. The predicted molar refractivity (Wildman–Crippen MR) is 119 cm³/mol. The van der Waals surface area contributed by atoms with Crippen LogP contribution in [0.5, 0.6) is 11.5 Å². The summed E-state index contributed by atoms with van der Waals surface area (Å²) in [6.45, 7) is 6.23. The van der Waals surface area contributed by atoms with Gasteiger partial charge in [-0.15, -0.1) is 0 Å². The zero-order chi connectivity index (χ0) is 22.4. The number of sulfonamides is 1. The summed E-state index contributed by atoms with van der Waals surface area (Å²) in [5.41, 5.74) is 0.987. The van der Waals surface area contributed by atoms with E-state index >= 15 is 0 Å². The number of anilines is 1. The fourth-order valence-electron chi connectivity index (χ4n) is 3.57. The summed E-state index contributed by atoms with van der Waals surface area (Å²) >= 11 is 0. The molecule has 2 aromatic rings. The van der Waals surface area contributed by atoms with Crippen molar-refractivity contribution in [3.63, 3.8) is 0 Å². The lowest BCUT2D eigenvalue weighted by Gasteiger charge is -2.37.